The van der Waals surface area contributed by atoms with Crippen LogP contribution in [0.3, 0.4) is 0 Å². The van der Waals surface area contributed by atoms with Crippen LogP contribution < -0.4 is 4.90 Å². The Balaban J connectivity index is 0.000000158. The largest absolute Gasteiger partial charge is 0.420 e. The van der Waals surface area contributed by atoms with Crippen LogP contribution in [0.1, 0.15) is 65.1 Å². The molecule has 3 atom stereocenters. The molecule has 0 radical (unpaired) electrons. The molecule has 0 bridgehead atoms. The number of piperazine rings is 1. The number of ether oxygens (including phenoxy) is 1. The van der Waals surface area contributed by atoms with Gasteiger partial charge in [0.1, 0.15) is 29.4 Å². The number of nitrogens with zero attached hydrogens (tertiary/aromatic N) is 10. The Morgan fingerprint density at radius 2 is 1.29 bits per heavy atom. The molecule has 328 valence electrons. The molecule has 4 fully saturated rings. The van der Waals surface area contributed by atoms with Gasteiger partial charge in [-0.3, -0.25) is 18.6 Å². The first-order chi connectivity index (χ1) is 29.8. The number of halogens is 8. The molecule has 7 heterocycles. The van der Waals surface area contributed by atoms with Crippen LogP contribution in [0.2, 0.25) is 0 Å². The van der Waals surface area contributed by atoms with Gasteiger partial charge in [0.2, 0.25) is 0 Å². The summed E-state index contributed by atoms with van der Waals surface area (Å²) in [6.45, 7) is 6.00. The molecule has 2 aliphatic heterocycles. The zero-order chi connectivity index (χ0) is 43.3. The number of likely N-dealkylation sites (tertiary alicyclic amines) is 1. The second-order valence-electron chi connectivity index (χ2n) is 16.5. The lowest BCUT2D eigenvalue weighted by atomic mass is 10.1. The Morgan fingerprint density at radius 3 is 1.85 bits per heavy atom. The number of hydrogen-bond acceptors (Lipinski definition) is 9. The first-order valence-electron chi connectivity index (χ1n) is 20.8. The number of pyridine rings is 3. The fourth-order valence-corrected chi connectivity index (χ4v) is 9.13. The third-order valence-electron chi connectivity index (χ3n) is 12.3. The van der Waals surface area contributed by atoms with Crippen LogP contribution in [-0.2, 0) is 43.2 Å². The second-order valence-corrected chi connectivity index (χ2v) is 16.5. The first kappa shape index (κ1) is 42.1. The molecule has 1 unspecified atom stereocenters. The maximum Gasteiger partial charge on any atom is 0.420 e. The summed E-state index contributed by atoms with van der Waals surface area (Å²) < 4.78 is 119. The van der Waals surface area contributed by atoms with Gasteiger partial charge in [-0.2, -0.15) is 26.3 Å². The van der Waals surface area contributed by atoms with Crippen molar-refractivity contribution in [1.29, 1.82) is 0 Å². The highest BCUT2D eigenvalue weighted by Crippen LogP contribution is 2.58. The van der Waals surface area contributed by atoms with Gasteiger partial charge in [0.15, 0.2) is 28.8 Å². The van der Waals surface area contributed by atoms with E-state index < -0.39 is 35.1 Å². The second kappa shape index (κ2) is 16.8. The lowest BCUT2D eigenvalue weighted by Gasteiger charge is -2.35. The predicted octanol–water partition coefficient (Wildman–Crippen LogP) is 7.83. The Labute approximate surface area is 351 Å². The van der Waals surface area contributed by atoms with Crippen LogP contribution in [0, 0.1) is 29.4 Å². The zero-order valence-electron chi connectivity index (χ0n) is 33.8. The van der Waals surface area contributed by atoms with Gasteiger partial charge >= 0.3 is 12.4 Å². The molecule has 19 heteroatoms. The molecule has 4 aliphatic rings. The Morgan fingerprint density at radius 1 is 0.710 bits per heavy atom. The molecule has 5 aromatic heterocycles. The van der Waals surface area contributed by atoms with Gasteiger partial charge < -0.3 is 9.64 Å². The molecule has 2 aliphatic carbocycles. The minimum atomic E-state index is -4.56. The number of anilines is 1. The van der Waals surface area contributed by atoms with E-state index in [0.29, 0.717) is 74.5 Å². The summed E-state index contributed by atoms with van der Waals surface area (Å²) in [7, 11) is 0. The summed E-state index contributed by atoms with van der Waals surface area (Å²) in [5, 5.41) is 15.7. The molecule has 10 rings (SSSR count). The van der Waals surface area contributed by atoms with E-state index in [9.17, 15) is 35.1 Å². The number of hydrogen-bond donors (Lipinski definition) is 0. The van der Waals surface area contributed by atoms with Crippen LogP contribution in [0.15, 0.2) is 67.1 Å². The Kier molecular flexibility index (Phi) is 11.4. The third kappa shape index (κ3) is 8.70. The molecule has 0 amide bonds. The van der Waals surface area contributed by atoms with E-state index in [0.717, 1.165) is 38.2 Å². The van der Waals surface area contributed by atoms with Crippen molar-refractivity contribution in [2.75, 3.05) is 50.8 Å². The first-order valence-corrected chi connectivity index (χ1v) is 20.8. The highest BCUT2D eigenvalue weighted by Gasteiger charge is 2.56. The molecule has 6 aromatic rings. The number of alkyl halides is 6. The van der Waals surface area contributed by atoms with Gasteiger partial charge in [0.25, 0.3) is 0 Å². The minimum Gasteiger partial charge on any atom is -0.374 e. The van der Waals surface area contributed by atoms with Crippen LogP contribution in [-0.4, -0.2) is 89.9 Å². The van der Waals surface area contributed by atoms with Crippen LogP contribution in [0.4, 0.5) is 40.9 Å². The smallest absolute Gasteiger partial charge is 0.374 e. The third-order valence-corrected chi connectivity index (χ3v) is 12.3. The van der Waals surface area contributed by atoms with Crippen molar-refractivity contribution in [3.63, 3.8) is 0 Å². The normalized spacial score (nSPS) is 20.8. The minimum absolute atomic E-state index is 0.0510. The number of aromatic nitrogens is 7. The van der Waals surface area contributed by atoms with Crippen LogP contribution in [0.25, 0.3) is 11.3 Å². The van der Waals surface area contributed by atoms with Gasteiger partial charge in [-0.25, -0.2) is 13.8 Å². The van der Waals surface area contributed by atoms with Crippen molar-refractivity contribution < 1.29 is 39.9 Å². The summed E-state index contributed by atoms with van der Waals surface area (Å²) >= 11 is 0. The monoisotopic (exact) mass is 868 g/mol. The van der Waals surface area contributed by atoms with Crippen LogP contribution >= 0.6 is 0 Å². The molecule has 11 nitrogen and oxygen atoms in total. The Hall–Kier alpha value is -5.27. The highest BCUT2D eigenvalue weighted by molar-refractivity contribution is 5.55. The lowest BCUT2D eigenvalue weighted by molar-refractivity contribution is -0.138. The average molecular weight is 869 g/mol. The van der Waals surface area contributed by atoms with Gasteiger partial charge in [0, 0.05) is 83.8 Å². The predicted molar refractivity (Wildman–Crippen MR) is 211 cm³/mol. The standard InChI is InChI=1S/C22H23F3N4O.C21H21F5N6/c1-2-30-13-18-26-27-21-20(22(23,24)25)15(8-9-29(18)21)10-28-11-16-17(12-28)19(16)14-6-4-3-5-7-14;22-15-10-16(23)19(27-11-15)31-7-5-30(6-8-31)12-14-3-4-32-17(9-13-1-2-13)28-29-20(32)18(14)21(24,25)26/h3-9,16-17,19H,2,10-13H2,1H3;3-4,10-11,13H,1-2,5-9,12H2/t16-,17+,19?;. The number of rotatable bonds is 11. The SMILES string of the molecule is CCOCc1nnc2c(C(F)(F)F)c(CN3C[C@@H]4C(c5ccccc5)[C@@H]4C3)ccn12.Fc1cnc(N2CCN(Cc3ccn4c(CC5CC5)nnc4c3C(F)(F)F)CC2)c(F)c1. The molecule has 2 saturated heterocycles. The van der Waals surface area contributed by atoms with Crippen molar-refractivity contribution in [1.82, 2.24) is 44.0 Å². The molecule has 1 aromatic carbocycles. The molecule has 0 N–H and O–H groups in total. The van der Waals surface area contributed by atoms with Crippen molar-refractivity contribution in [2.45, 2.75) is 64.2 Å². The van der Waals surface area contributed by atoms with E-state index in [2.05, 4.69) is 42.4 Å². The maximum atomic E-state index is 14.0. The van der Waals surface area contributed by atoms with E-state index in [4.69, 9.17) is 4.74 Å². The lowest BCUT2D eigenvalue weighted by Crippen LogP contribution is -2.46. The van der Waals surface area contributed by atoms with E-state index in [1.807, 2.05) is 30.0 Å². The van der Waals surface area contributed by atoms with Crippen molar-refractivity contribution in [2.24, 2.45) is 17.8 Å². The topological polar surface area (TPSA) is 92.2 Å². The summed E-state index contributed by atoms with van der Waals surface area (Å²) in [6, 6.07) is 14.2. The van der Waals surface area contributed by atoms with Crippen molar-refractivity contribution in [3.05, 3.63) is 118 Å². The summed E-state index contributed by atoms with van der Waals surface area (Å²) in [5.41, 5.74) is -0.0422. The molecular formula is C43H44F8N10O. The van der Waals surface area contributed by atoms with Gasteiger partial charge in [-0.15, -0.1) is 20.4 Å². The fourth-order valence-electron chi connectivity index (χ4n) is 9.13. The quantitative estimate of drug-likeness (QED) is 0.121. The summed E-state index contributed by atoms with van der Waals surface area (Å²) in [6.07, 6.45) is -2.10. The van der Waals surface area contributed by atoms with E-state index in [1.54, 1.807) is 23.4 Å². The van der Waals surface area contributed by atoms with E-state index in [1.165, 1.54) is 20.4 Å². The molecule has 0 spiro atoms. The average Bonchev–Trinajstić information content (AvgIpc) is 4.01. The number of fused-ring (bicyclic) bond motifs is 3. The van der Waals surface area contributed by atoms with E-state index >= 15 is 0 Å². The number of benzene rings is 1. The van der Waals surface area contributed by atoms with Gasteiger partial charge in [0.05, 0.1) is 6.20 Å². The Bertz CT molecular complexity index is 2520. The summed E-state index contributed by atoms with van der Waals surface area (Å²) in [5.74, 6) is 1.57. The fraction of sp³-hybridized carbons (Fsp3) is 0.465. The zero-order valence-corrected chi connectivity index (χ0v) is 33.8. The highest BCUT2D eigenvalue weighted by atomic mass is 19.4. The van der Waals surface area contributed by atoms with Crippen molar-refractivity contribution >= 4 is 17.1 Å². The molecule has 62 heavy (non-hydrogen) atoms. The maximum absolute atomic E-state index is 14.0. The summed E-state index contributed by atoms with van der Waals surface area (Å²) in [4.78, 5) is 9.49. The molecule has 2 saturated carbocycles. The van der Waals surface area contributed by atoms with Crippen LogP contribution in [0.5, 0.6) is 0 Å². The number of piperidine rings is 1. The van der Waals surface area contributed by atoms with Crippen molar-refractivity contribution in [3.8, 4) is 0 Å². The molecular weight excluding hydrogens is 825 g/mol. The van der Waals surface area contributed by atoms with Gasteiger partial charge in [-0.05, 0) is 72.3 Å². The van der Waals surface area contributed by atoms with Gasteiger partial charge in [-0.1, -0.05) is 30.3 Å². The van der Waals surface area contributed by atoms with E-state index in [-0.39, 0.29) is 47.9 Å².